The lowest BCUT2D eigenvalue weighted by Crippen LogP contribution is -2.49. The average molecular weight is 230 g/mol. The quantitative estimate of drug-likeness (QED) is 0.704. The molecule has 0 bridgehead atoms. The minimum Gasteiger partial charge on any atom is -0.480 e. The fourth-order valence-electron chi connectivity index (χ4n) is 1.19. The number of hydrogen-bond acceptors (Lipinski definition) is 3. The molecule has 0 radical (unpaired) electrons. The maximum absolute atomic E-state index is 11.5. The maximum Gasteiger partial charge on any atom is 0.317 e. The van der Waals surface area contributed by atoms with Crippen molar-refractivity contribution in [2.45, 2.75) is 39.7 Å². The van der Waals surface area contributed by atoms with Gasteiger partial charge in [-0.15, -0.1) is 0 Å². The highest BCUT2D eigenvalue weighted by Gasteiger charge is 2.25. The Kier molecular flexibility index (Phi) is 6.03. The molecule has 0 aromatic carbocycles. The number of nitrogens with one attached hydrogen (secondary N) is 1. The van der Waals surface area contributed by atoms with Gasteiger partial charge in [-0.3, -0.25) is 14.5 Å². The lowest BCUT2D eigenvalue weighted by atomic mass is 10.1. The molecule has 0 atom stereocenters. The molecule has 0 saturated heterocycles. The summed E-state index contributed by atoms with van der Waals surface area (Å²) in [6.07, 6.45) is 0.875. The van der Waals surface area contributed by atoms with Crippen LogP contribution in [0.4, 0.5) is 0 Å². The van der Waals surface area contributed by atoms with Gasteiger partial charge >= 0.3 is 5.97 Å². The normalized spacial score (nSPS) is 11.6. The van der Waals surface area contributed by atoms with Crippen LogP contribution in [-0.4, -0.2) is 47.1 Å². The molecule has 0 aromatic rings. The zero-order valence-corrected chi connectivity index (χ0v) is 10.5. The molecule has 1 amide bonds. The second-order valence-electron chi connectivity index (χ2n) is 4.77. The number of carboxylic acids is 1. The third-order valence-electron chi connectivity index (χ3n) is 2.18. The zero-order chi connectivity index (χ0) is 12.8. The molecule has 2 N–H and O–H groups in total. The van der Waals surface area contributed by atoms with Gasteiger partial charge in [0.15, 0.2) is 0 Å². The topological polar surface area (TPSA) is 69.6 Å². The highest BCUT2D eigenvalue weighted by molar-refractivity contribution is 5.79. The first-order valence-corrected chi connectivity index (χ1v) is 5.51. The van der Waals surface area contributed by atoms with Crippen LogP contribution in [-0.2, 0) is 9.59 Å². The van der Waals surface area contributed by atoms with Crippen LogP contribution in [0.2, 0.25) is 0 Å². The van der Waals surface area contributed by atoms with Gasteiger partial charge in [0.25, 0.3) is 0 Å². The Morgan fingerprint density at radius 1 is 1.25 bits per heavy atom. The number of carbonyl (C=O) groups is 2. The molecule has 0 unspecified atom stereocenters. The van der Waals surface area contributed by atoms with Gasteiger partial charge in [0.1, 0.15) is 0 Å². The van der Waals surface area contributed by atoms with Crippen LogP contribution in [0.3, 0.4) is 0 Å². The van der Waals surface area contributed by atoms with E-state index in [9.17, 15) is 9.59 Å². The minimum absolute atomic E-state index is 0.121. The third-order valence-corrected chi connectivity index (χ3v) is 2.18. The van der Waals surface area contributed by atoms with Crippen molar-refractivity contribution < 1.29 is 14.7 Å². The van der Waals surface area contributed by atoms with E-state index < -0.39 is 5.97 Å². The molecule has 0 aliphatic rings. The summed E-state index contributed by atoms with van der Waals surface area (Å²) in [5, 5.41) is 11.5. The summed E-state index contributed by atoms with van der Waals surface area (Å²) in [5.41, 5.74) is -0.331. The first kappa shape index (κ1) is 14.9. The molecule has 16 heavy (non-hydrogen) atoms. The standard InChI is InChI=1S/C11H22N2O3/c1-5-6-12-9(14)7-13(8-10(15)16)11(2,3)4/h5-8H2,1-4H3,(H,12,14)(H,15,16). The van der Waals surface area contributed by atoms with Gasteiger partial charge < -0.3 is 10.4 Å². The van der Waals surface area contributed by atoms with Gasteiger partial charge in [-0.05, 0) is 27.2 Å². The molecule has 0 fully saturated rings. The fourth-order valence-corrected chi connectivity index (χ4v) is 1.19. The summed E-state index contributed by atoms with van der Waals surface area (Å²) in [4.78, 5) is 23.8. The van der Waals surface area contributed by atoms with E-state index in [1.165, 1.54) is 0 Å². The second-order valence-corrected chi connectivity index (χ2v) is 4.77. The molecule has 0 aliphatic carbocycles. The third kappa shape index (κ3) is 6.40. The monoisotopic (exact) mass is 230 g/mol. The van der Waals surface area contributed by atoms with Crippen molar-refractivity contribution >= 4 is 11.9 Å². The van der Waals surface area contributed by atoms with Crippen molar-refractivity contribution in [3.63, 3.8) is 0 Å². The molecule has 0 aromatic heterocycles. The largest absolute Gasteiger partial charge is 0.480 e. The van der Waals surface area contributed by atoms with Crippen molar-refractivity contribution in [3.8, 4) is 0 Å². The number of rotatable bonds is 6. The van der Waals surface area contributed by atoms with Crippen molar-refractivity contribution in [2.75, 3.05) is 19.6 Å². The van der Waals surface area contributed by atoms with Gasteiger partial charge in [0, 0.05) is 12.1 Å². The predicted molar refractivity (Wildman–Crippen MR) is 62.3 cm³/mol. The van der Waals surface area contributed by atoms with Gasteiger partial charge in [-0.1, -0.05) is 6.92 Å². The first-order valence-electron chi connectivity index (χ1n) is 5.51. The number of aliphatic carboxylic acids is 1. The second kappa shape index (κ2) is 6.48. The molecule has 5 nitrogen and oxygen atoms in total. The summed E-state index contributed by atoms with van der Waals surface area (Å²) in [5.74, 6) is -1.05. The van der Waals surface area contributed by atoms with Crippen LogP contribution in [0, 0.1) is 0 Å². The van der Waals surface area contributed by atoms with E-state index in [-0.39, 0.29) is 24.5 Å². The van der Waals surface area contributed by atoms with Crippen molar-refractivity contribution in [3.05, 3.63) is 0 Å². The van der Waals surface area contributed by atoms with Crippen LogP contribution in [0.15, 0.2) is 0 Å². The predicted octanol–water partition coefficient (Wildman–Crippen LogP) is 0.698. The van der Waals surface area contributed by atoms with Gasteiger partial charge in [-0.2, -0.15) is 0 Å². The molecule has 0 heterocycles. The highest BCUT2D eigenvalue weighted by Crippen LogP contribution is 2.11. The Hall–Kier alpha value is -1.10. The van der Waals surface area contributed by atoms with E-state index in [0.29, 0.717) is 6.54 Å². The van der Waals surface area contributed by atoms with E-state index in [1.807, 2.05) is 27.7 Å². The van der Waals surface area contributed by atoms with E-state index in [2.05, 4.69) is 5.32 Å². The van der Waals surface area contributed by atoms with E-state index >= 15 is 0 Å². The Balaban J connectivity index is 4.32. The molecular formula is C11H22N2O3. The molecule has 0 saturated carbocycles. The minimum atomic E-state index is -0.918. The van der Waals surface area contributed by atoms with Crippen molar-refractivity contribution in [2.24, 2.45) is 0 Å². The number of nitrogens with zero attached hydrogens (tertiary/aromatic N) is 1. The fraction of sp³-hybridized carbons (Fsp3) is 0.818. The molecule has 5 heteroatoms. The maximum atomic E-state index is 11.5. The molecule has 0 aliphatic heterocycles. The number of hydrogen-bond donors (Lipinski definition) is 2. The van der Waals surface area contributed by atoms with Crippen LogP contribution < -0.4 is 5.32 Å². The Labute approximate surface area is 96.8 Å². The van der Waals surface area contributed by atoms with Crippen LogP contribution in [0.25, 0.3) is 0 Å². The average Bonchev–Trinajstić information content (AvgIpc) is 2.11. The van der Waals surface area contributed by atoms with Crippen molar-refractivity contribution in [1.82, 2.24) is 10.2 Å². The first-order chi connectivity index (χ1) is 7.27. The lowest BCUT2D eigenvalue weighted by molar-refractivity contribution is -0.140. The Morgan fingerprint density at radius 3 is 2.19 bits per heavy atom. The summed E-state index contributed by atoms with van der Waals surface area (Å²) in [6, 6.07) is 0. The summed E-state index contributed by atoms with van der Waals surface area (Å²) in [6.45, 7) is 8.27. The summed E-state index contributed by atoms with van der Waals surface area (Å²) < 4.78 is 0. The van der Waals surface area contributed by atoms with Gasteiger partial charge in [0.2, 0.25) is 5.91 Å². The molecular weight excluding hydrogens is 208 g/mol. The summed E-state index contributed by atoms with van der Waals surface area (Å²) >= 11 is 0. The van der Waals surface area contributed by atoms with Crippen LogP contribution >= 0.6 is 0 Å². The van der Waals surface area contributed by atoms with Gasteiger partial charge in [-0.25, -0.2) is 0 Å². The highest BCUT2D eigenvalue weighted by atomic mass is 16.4. The zero-order valence-electron chi connectivity index (χ0n) is 10.5. The Bertz CT molecular complexity index is 246. The van der Waals surface area contributed by atoms with Gasteiger partial charge in [0.05, 0.1) is 13.1 Å². The SMILES string of the molecule is CCCNC(=O)CN(CC(=O)O)C(C)(C)C. The number of amides is 1. The van der Waals surface area contributed by atoms with Crippen LogP contribution in [0.1, 0.15) is 34.1 Å². The number of carboxylic acid groups (broad SMARTS) is 1. The van der Waals surface area contributed by atoms with Crippen molar-refractivity contribution in [1.29, 1.82) is 0 Å². The Morgan fingerprint density at radius 2 is 1.81 bits per heavy atom. The molecule has 0 rings (SSSR count). The van der Waals surface area contributed by atoms with E-state index in [1.54, 1.807) is 4.90 Å². The van der Waals surface area contributed by atoms with E-state index in [4.69, 9.17) is 5.11 Å². The van der Waals surface area contributed by atoms with Crippen LogP contribution in [0.5, 0.6) is 0 Å². The smallest absolute Gasteiger partial charge is 0.317 e. The van der Waals surface area contributed by atoms with E-state index in [0.717, 1.165) is 6.42 Å². The lowest BCUT2D eigenvalue weighted by Gasteiger charge is -2.33. The summed E-state index contributed by atoms with van der Waals surface area (Å²) in [7, 11) is 0. The molecule has 0 spiro atoms. The molecule has 94 valence electrons. The number of carbonyl (C=O) groups excluding carboxylic acids is 1.